The molecule has 0 amide bonds. The van der Waals surface area contributed by atoms with Crippen molar-refractivity contribution < 1.29 is 13.9 Å². The molecule has 0 saturated heterocycles. The Kier molecular flexibility index (Phi) is 5.61. The van der Waals surface area contributed by atoms with Crippen molar-refractivity contribution in [3.63, 3.8) is 0 Å². The number of methoxy groups -OCH3 is 1. The molecule has 2 aromatic rings. The zero-order valence-electron chi connectivity index (χ0n) is 12.8. The fourth-order valence-electron chi connectivity index (χ4n) is 2.14. The summed E-state index contributed by atoms with van der Waals surface area (Å²) in [5, 5.41) is 9.72. The Morgan fingerprint density at radius 1 is 1.35 bits per heavy atom. The lowest BCUT2D eigenvalue weighted by atomic mass is 10.0. The van der Waals surface area contributed by atoms with Gasteiger partial charge in [-0.1, -0.05) is 23.7 Å². The van der Waals surface area contributed by atoms with E-state index in [1.807, 2.05) is 6.92 Å². The highest BCUT2D eigenvalue weighted by Gasteiger charge is 2.11. The lowest BCUT2D eigenvalue weighted by Crippen LogP contribution is -1.96. The molecule has 5 heteroatoms. The minimum Gasteiger partial charge on any atom is -0.491 e. The summed E-state index contributed by atoms with van der Waals surface area (Å²) in [6.45, 7) is 2.30. The SMILES string of the molecule is CCOc1cc(/C=C(/C#N)c2cccc(F)c2)cc(Cl)c1OC. The van der Waals surface area contributed by atoms with Crippen LogP contribution in [-0.4, -0.2) is 13.7 Å². The molecular formula is C18H15ClFNO2. The molecule has 0 bridgehead atoms. The monoisotopic (exact) mass is 331 g/mol. The molecule has 3 nitrogen and oxygen atoms in total. The molecule has 0 unspecified atom stereocenters. The Hall–Kier alpha value is -2.51. The Bertz CT molecular complexity index is 781. The van der Waals surface area contributed by atoms with Gasteiger partial charge in [-0.3, -0.25) is 0 Å². The van der Waals surface area contributed by atoms with Gasteiger partial charge in [-0.05, 0) is 48.4 Å². The normalized spacial score (nSPS) is 11.0. The molecule has 2 aromatic carbocycles. The Balaban J connectivity index is 2.50. The number of halogens is 2. The molecule has 0 spiro atoms. The van der Waals surface area contributed by atoms with Crippen LogP contribution in [0.5, 0.6) is 11.5 Å². The Morgan fingerprint density at radius 2 is 2.13 bits per heavy atom. The van der Waals surface area contributed by atoms with Crippen molar-refractivity contribution in [1.29, 1.82) is 5.26 Å². The van der Waals surface area contributed by atoms with Crippen LogP contribution in [0.1, 0.15) is 18.1 Å². The summed E-state index contributed by atoms with van der Waals surface area (Å²) in [7, 11) is 1.51. The van der Waals surface area contributed by atoms with Crippen molar-refractivity contribution in [3.05, 3.63) is 58.4 Å². The molecule has 0 aliphatic heterocycles. The van der Waals surface area contributed by atoms with Crippen LogP contribution in [0.4, 0.5) is 4.39 Å². The van der Waals surface area contributed by atoms with E-state index in [1.54, 1.807) is 30.3 Å². The first kappa shape index (κ1) is 16.9. The largest absolute Gasteiger partial charge is 0.491 e. The second-order valence-electron chi connectivity index (χ2n) is 4.65. The third-order valence-corrected chi connectivity index (χ3v) is 3.38. The van der Waals surface area contributed by atoms with Gasteiger partial charge in [0.15, 0.2) is 11.5 Å². The molecule has 0 fully saturated rings. The van der Waals surface area contributed by atoms with Gasteiger partial charge in [0.2, 0.25) is 0 Å². The van der Waals surface area contributed by atoms with E-state index >= 15 is 0 Å². The lowest BCUT2D eigenvalue weighted by Gasteiger charge is -2.12. The van der Waals surface area contributed by atoms with Crippen LogP contribution in [0.25, 0.3) is 11.6 Å². The standard InChI is InChI=1S/C18H15ClFNO2/c1-3-23-17-9-12(8-16(19)18(17)22-2)7-14(11-21)13-5-4-6-15(20)10-13/h4-10H,3H2,1-2H3/b14-7-. The lowest BCUT2D eigenvalue weighted by molar-refractivity contribution is 0.311. The maximum atomic E-state index is 13.3. The van der Waals surface area contributed by atoms with Crippen LogP contribution in [0, 0.1) is 17.1 Å². The van der Waals surface area contributed by atoms with Crippen LogP contribution < -0.4 is 9.47 Å². The van der Waals surface area contributed by atoms with Crippen LogP contribution in [0.2, 0.25) is 5.02 Å². The fourth-order valence-corrected chi connectivity index (χ4v) is 2.43. The number of benzene rings is 2. The van der Waals surface area contributed by atoms with Crippen LogP contribution >= 0.6 is 11.6 Å². The van der Waals surface area contributed by atoms with E-state index in [2.05, 4.69) is 6.07 Å². The zero-order chi connectivity index (χ0) is 16.8. The van der Waals surface area contributed by atoms with E-state index in [1.165, 1.54) is 19.2 Å². The highest BCUT2D eigenvalue weighted by Crippen LogP contribution is 2.37. The summed E-state index contributed by atoms with van der Waals surface area (Å²) in [5.74, 6) is 0.534. The number of nitriles is 1. The molecule has 0 saturated carbocycles. The highest BCUT2D eigenvalue weighted by molar-refractivity contribution is 6.32. The minimum atomic E-state index is -0.397. The van der Waals surface area contributed by atoms with Gasteiger partial charge in [0, 0.05) is 0 Å². The molecule has 0 N–H and O–H groups in total. The van der Waals surface area contributed by atoms with E-state index in [0.29, 0.717) is 39.8 Å². The second kappa shape index (κ2) is 7.66. The van der Waals surface area contributed by atoms with Crippen molar-refractivity contribution >= 4 is 23.3 Å². The van der Waals surface area contributed by atoms with Gasteiger partial charge in [-0.15, -0.1) is 0 Å². The molecule has 0 atom stereocenters. The summed E-state index contributed by atoms with van der Waals surface area (Å²) in [4.78, 5) is 0. The summed E-state index contributed by atoms with van der Waals surface area (Å²) in [5.41, 5.74) is 1.49. The molecule has 118 valence electrons. The first-order valence-electron chi connectivity index (χ1n) is 6.97. The average molecular weight is 332 g/mol. The molecule has 2 rings (SSSR count). The summed E-state index contributed by atoms with van der Waals surface area (Å²) in [6, 6.07) is 11.3. The van der Waals surface area contributed by atoms with Gasteiger partial charge < -0.3 is 9.47 Å². The third kappa shape index (κ3) is 4.02. The van der Waals surface area contributed by atoms with Gasteiger partial charge in [0.05, 0.1) is 30.4 Å². The zero-order valence-corrected chi connectivity index (χ0v) is 13.5. The molecular weight excluding hydrogens is 317 g/mol. The predicted molar refractivity (Wildman–Crippen MR) is 89.1 cm³/mol. The smallest absolute Gasteiger partial charge is 0.179 e. The number of hydrogen-bond donors (Lipinski definition) is 0. The Labute approximate surface area is 139 Å². The van der Waals surface area contributed by atoms with Crippen LogP contribution in [0.3, 0.4) is 0 Å². The van der Waals surface area contributed by atoms with Crippen molar-refractivity contribution in [1.82, 2.24) is 0 Å². The predicted octanol–water partition coefficient (Wildman–Crippen LogP) is 4.95. The molecule has 0 aliphatic carbocycles. The van der Waals surface area contributed by atoms with Gasteiger partial charge >= 0.3 is 0 Å². The molecule has 0 heterocycles. The maximum Gasteiger partial charge on any atom is 0.179 e. The number of ether oxygens (including phenoxy) is 2. The number of rotatable bonds is 5. The topological polar surface area (TPSA) is 42.2 Å². The molecule has 0 aromatic heterocycles. The van der Waals surface area contributed by atoms with E-state index in [0.717, 1.165) is 0 Å². The molecule has 0 radical (unpaired) electrons. The van der Waals surface area contributed by atoms with Gasteiger partial charge in [0.1, 0.15) is 5.82 Å². The number of allylic oxidation sites excluding steroid dienone is 1. The third-order valence-electron chi connectivity index (χ3n) is 3.10. The first-order valence-corrected chi connectivity index (χ1v) is 7.35. The van der Waals surface area contributed by atoms with Crippen LogP contribution in [-0.2, 0) is 0 Å². The summed E-state index contributed by atoms with van der Waals surface area (Å²) in [6.07, 6.45) is 1.63. The van der Waals surface area contributed by atoms with Gasteiger partial charge in [-0.25, -0.2) is 4.39 Å². The van der Waals surface area contributed by atoms with Gasteiger partial charge in [-0.2, -0.15) is 5.26 Å². The van der Waals surface area contributed by atoms with E-state index in [-0.39, 0.29) is 0 Å². The number of nitrogens with zero attached hydrogens (tertiary/aromatic N) is 1. The summed E-state index contributed by atoms with van der Waals surface area (Å²) < 4.78 is 24.1. The van der Waals surface area contributed by atoms with Crippen molar-refractivity contribution in [2.45, 2.75) is 6.92 Å². The number of hydrogen-bond acceptors (Lipinski definition) is 3. The van der Waals surface area contributed by atoms with E-state index in [9.17, 15) is 9.65 Å². The molecule has 23 heavy (non-hydrogen) atoms. The minimum absolute atomic E-state index is 0.327. The van der Waals surface area contributed by atoms with Gasteiger partial charge in [0.25, 0.3) is 0 Å². The quantitative estimate of drug-likeness (QED) is 0.575. The fraction of sp³-hybridized carbons (Fsp3) is 0.167. The first-order chi connectivity index (χ1) is 11.1. The van der Waals surface area contributed by atoms with Crippen molar-refractivity contribution in [2.24, 2.45) is 0 Å². The Morgan fingerprint density at radius 3 is 2.74 bits per heavy atom. The van der Waals surface area contributed by atoms with Crippen molar-refractivity contribution in [3.8, 4) is 17.6 Å². The summed E-state index contributed by atoms with van der Waals surface area (Å²) >= 11 is 6.19. The van der Waals surface area contributed by atoms with Crippen molar-refractivity contribution in [2.75, 3.05) is 13.7 Å². The second-order valence-corrected chi connectivity index (χ2v) is 5.05. The average Bonchev–Trinajstić information content (AvgIpc) is 2.53. The highest BCUT2D eigenvalue weighted by atomic mass is 35.5. The van der Waals surface area contributed by atoms with E-state index in [4.69, 9.17) is 21.1 Å². The molecule has 0 aliphatic rings. The van der Waals surface area contributed by atoms with E-state index < -0.39 is 5.82 Å². The maximum absolute atomic E-state index is 13.3. The van der Waals surface area contributed by atoms with Crippen LogP contribution in [0.15, 0.2) is 36.4 Å².